The third-order valence-electron chi connectivity index (χ3n) is 0.717. The van der Waals surface area contributed by atoms with Gasteiger partial charge in [0.2, 0.25) is 0 Å². The van der Waals surface area contributed by atoms with E-state index in [0.29, 0.717) is 0 Å². The Bertz CT molecular complexity index is 326. The zero-order valence-corrected chi connectivity index (χ0v) is 8.72. The molecule has 0 fully saturated rings. The van der Waals surface area contributed by atoms with E-state index < -0.39 is 27.3 Å². The van der Waals surface area contributed by atoms with Crippen LogP contribution in [0.25, 0.3) is 0 Å². The Balaban J connectivity index is 3.91. The van der Waals surface area contributed by atoms with E-state index in [9.17, 15) is 16.8 Å². The van der Waals surface area contributed by atoms with Crippen LogP contribution in [0.5, 0.6) is 0 Å². The highest BCUT2D eigenvalue weighted by atomic mass is 32.3. The SMILES string of the molecule is CCOS(=O)(=O)OCOS(C)(=O)=O. The monoisotopic (exact) mass is 234 g/mol. The molecule has 0 bridgehead atoms. The Morgan fingerprint density at radius 2 is 1.54 bits per heavy atom. The maximum atomic E-state index is 10.6. The standard InChI is InChI=1S/C4H10O7S2/c1-3-9-13(7,8)11-4-10-12(2,5)6/h3-4H2,1-2H3. The maximum Gasteiger partial charge on any atom is 0.402 e. The van der Waals surface area contributed by atoms with Crippen LogP contribution in [0.1, 0.15) is 6.92 Å². The van der Waals surface area contributed by atoms with Gasteiger partial charge in [-0.25, -0.2) is 12.5 Å². The van der Waals surface area contributed by atoms with Crippen molar-refractivity contribution in [3.8, 4) is 0 Å². The lowest BCUT2D eigenvalue weighted by atomic mass is 10.9. The average molecular weight is 234 g/mol. The van der Waals surface area contributed by atoms with Crippen molar-refractivity contribution in [1.29, 1.82) is 0 Å². The first-order chi connectivity index (χ1) is 5.77. The minimum atomic E-state index is -4.14. The molecule has 0 aromatic rings. The first-order valence-corrected chi connectivity index (χ1v) is 6.30. The normalized spacial score (nSPS) is 13.1. The molecule has 0 heterocycles. The summed E-state index contributed by atoms with van der Waals surface area (Å²) in [5.41, 5.74) is 0. The highest BCUT2D eigenvalue weighted by Crippen LogP contribution is 1.97. The Morgan fingerprint density at radius 3 is 1.92 bits per heavy atom. The second kappa shape index (κ2) is 4.86. The van der Waals surface area contributed by atoms with E-state index in [-0.39, 0.29) is 6.61 Å². The van der Waals surface area contributed by atoms with Crippen LogP contribution in [0, 0.1) is 0 Å². The predicted octanol–water partition coefficient (Wildman–Crippen LogP) is -0.782. The van der Waals surface area contributed by atoms with Gasteiger partial charge >= 0.3 is 10.4 Å². The first kappa shape index (κ1) is 12.8. The van der Waals surface area contributed by atoms with Crippen LogP contribution < -0.4 is 0 Å². The molecule has 9 heteroatoms. The van der Waals surface area contributed by atoms with Crippen LogP contribution in [-0.4, -0.2) is 36.5 Å². The van der Waals surface area contributed by atoms with Gasteiger partial charge in [0.05, 0.1) is 12.9 Å². The van der Waals surface area contributed by atoms with Gasteiger partial charge in [-0.3, -0.25) is 0 Å². The van der Waals surface area contributed by atoms with Gasteiger partial charge in [-0.2, -0.15) is 16.8 Å². The minimum absolute atomic E-state index is 0.0960. The molecule has 13 heavy (non-hydrogen) atoms. The van der Waals surface area contributed by atoms with Crippen molar-refractivity contribution in [3.05, 3.63) is 0 Å². The molecule has 0 aliphatic rings. The second-order valence-electron chi connectivity index (χ2n) is 1.87. The van der Waals surface area contributed by atoms with Gasteiger partial charge in [-0.15, -0.1) is 0 Å². The van der Waals surface area contributed by atoms with Crippen LogP contribution in [0.4, 0.5) is 0 Å². The van der Waals surface area contributed by atoms with Crippen LogP contribution >= 0.6 is 0 Å². The van der Waals surface area contributed by atoms with Gasteiger partial charge in [0.1, 0.15) is 0 Å². The van der Waals surface area contributed by atoms with Gasteiger partial charge in [0, 0.05) is 0 Å². The smallest absolute Gasteiger partial charge is 0.248 e. The Kier molecular flexibility index (Phi) is 4.78. The van der Waals surface area contributed by atoms with Crippen molar-refractivity contribution in [2.45, 2.75) is 6.92 Å². The van der Waals surface area contributed by atoms with E-state index in [1.54, 1.807) is 0 Å². The van der Waals surface area contributed by atoms with Gasteiger partial charge in [-0.05, 0) is 6.92 Å². The Hall–Kier alpha value is -0.220. The molecular weight excluding hydrogens is 224 g/mol. The third kappa shape index (κ3) is 8.12. The van der Waals surface area contributed by atoms with Gasteiger partial charge in [-0.1, -0.05) is 0 Å². The van der Waals surface area contributed by atoms with Crippen molar-refractivity contribution in [1.82, 2.24) is 0 Å². The second-order valence-corrected chi connectivity index (χ2v) is 4.80. The molecule has 0 N–H and O–H groups in total. The minimum Gasteiger partial charge on any atom is -0.248 e. The molecule has 0 aliphatic heterocycles. The van der Waals surface area contributed by atoms with Crippen molar-refractivity contribution in [2.24, 2.45) is 0 Å². The van der Waals surface area contributed by atoms with Crippen molar-refractivity contribution in [2.75, 3.05) is 19.7 Å². The lowest BCUT2D eigenvalue weighted by Gasteiger charge is -2.02. The van der Waals surface area contributed by atoms with Crippen LogP contribution in [0.3, 0.4) is 0 Å². The largest absolute Gasteiger partial charge is 0.402 e. The zero-order valence-electron chi connectivity index (χ0n) is 7.09. The van der Waals surface area contributed by atoms with Crippen molar-refractivity contribution < 1.29 is 29.4 Å². The summed E-state index contributed by atoms with van der Waals surface area (Å²) in [6, 6.07) is 0. The molecule has 7 nitrogen and oxygen atoms in total. The number of hydrogen-bond donors (Lipinski definition) is 0. The zero-order chi connectivity index (χ0) is 10.5. The summed E-state index contributed by atoms with van der Waals surface area (Å²) in [7, 11) is -7.85. The molecule has 0 saturated carbocycles. The molecule has 0 unspecified atom stereocenters. The molecule has 0 aliphatic carbocycles. The van der Waals surface area contributed by atoms with Gasteiger partial charge in [0.25, 0.3) is 10.1 Å². The molecular formula is C4H10O7S2. The summed E-state index contributed by atoms with van der Waals surface area (Å²) in [4.78, 5) is 0. The molecule has 0 aromatic carbocycles. The summed E-state index contributed by atoms with van der Waals surface area (Å²) in [5, 5.41) is 0. The van der Waals surface area contributed by atoms with Crippen LogP contribution in [0.2, 0.25) is 0 Å². The lowest BCUT2D eigenvalue weighted by molar-refractivity contribution is 0.108. The topological polar surface area (TPSA) is 96.0 Å². The van der Waals surface area contributed by atoms with Gasteiger partial charge in [0.15, 0.2) is 6.79 Å². The summed E-state index contributed by atoms with van der Waals surface area (Å²) in [6.07, 6.45) is 0.768. The molecule has 0 rings (SSSR count). The Labute approximate surface area is 77.1 Å². The highest BCUT2D eigenvalue weighted by Gasteiger charge is 2.12. The lowest BCUT2D eigenvalue weighted by Crippen LogP contribution is -2.14. The number of rotatable bonds is 6. The average Bonchev–Trinajstić information content (AvgIpc) is 1.82. The summed E-state index contributed by atoms with van der Waals surface area (Å²) in [6.45, 7) is 0.431. The predicted molar refractivity (Wildman–Crippen MR) is 42.4 cm³/mol. The molecule has 0 aromatic heterocycles. The maximum absolute atomic E-state index is 10.6. The summed E-state index contributed by atoms with van der Waals surface area (Å²) in [5.74, 6) is 0. The highest BCUT2D eigenvalue weighted by molar-refractivity contribution is 7.86. The first-order valence-electron chi connectivity index (χ1n) is 3.15. The van der Waals surface area contributed by atoms with Gasteiger partial charge < -0.3 is 0 Å². The van der Waals surface area contributed by atoms with E-state index in [0.717, 1.165) is 6.26 Å². The number of hydrogen-bond acceptors (Lipinski definition) is 7. The molecule has 0 atom stereocenters. The quantitative estimate of drug-likeness (QED) is 0.439. The van der Waals surface area contributed by atoms with E-state index in [4.69, 9.17) is 0 Å². The van der Waals surface area contributed by atoms with Crippen molar-refractivity contribution >= 4 is 20.5 Å². The molecule has 0 radical (unpaired) electrons. The van der Waals surface area contributed by atoms with Crippen LogP contribution in [0.15, 0.2) is 0 Å². The Morgan fingerprint density at radius 1 is 1.00 bits per heavy atom. The fourth-order valence-corrected chi connectivity index (χ4v) is 1.15. The van der Waals surface area contributed by atoms with Crippen LogP contribution in [-0.2, 0) is 33.1 Å². The molecule has 80 valence electrons. The van der Waals surface area contributed by atoms with E-state index >= 15 is 0 Å². The van der Waals surface area contributed by atoms with E-state index in [1.807, 2.05) is 0 Å². The van der Waals surface area contributed by atoms with E-state index in [1.165, 1.54) is 6.92 Å². The fraction of sp³-hybridized carbons (Fsp3) is 1.00. The summed E-state index contributed by atoms with van der Waals surface area (Å²) >= 11 is 0. The van der Waals surface area contributed by atoms with Crippen molar-refractivity contribution in [3.63, 3.8) is 0 Å². The third-order valence-corrected chi connectivity index (χ3v) is 2.15. The molecule has 0 amide bonds. The molecule has 0 saturated heterocycles. The fourth-order valence-electron chi connectivity index (χ4n) is 0.344. The molecule has 0 spiro atoms. The van der Waals surface area contributed by atoms with E-state index in [2.05, 4.69) is 12.5 Å². The summed E-state index contributed by atoms with van der Waals surface area (Å²) < 4.78 is 54.0.